The Morgan fingerprint density at radius 2 is 1.06 bits per heavy atom. The minimum Gasteiger partial charge on any atom is -0.394 e. The van der Waals surface area contributed by atoms with E-state index in [-0.39, 0.29) is 0 Å². The summed E-state index contributed by atoms with van der Waals surface area (Å²) in [4.78, 5) is 0. The lowest BCUT2D eigenvalue weighted by Gasteiger charge is -2.25. The Bertz CT molecular complexity index is 641. The molecule has 16 nitrogen and oxygen atoms in total. The fourth-order valence-electron chi connectivity index (χ4n) is 4.02. The number of aliphatic hydroxyl groups is 11. The van der Waals surface area contributed by atoms with Crippen LogP contribution in [0.1, 0.15) is 0 Å². The Balaban J connectivity index is 1.54. The van der Waals surface area contributed by atoms with E-state index in [1.54, 1.807) is 0 Å². The topological polar surface area (TPSA) is 269 Å². The van der Waals surface area contributed by atoms with Crippen LogP contribution in [0.15, 0.2) is 0 Å². The average Bonchev–Trinajstić information content (AvgIpc) is 3.38. The molecule has 16 heteroatoms. The first-order valence-electron chi connectivity index (χ1n) is 10.6. The Morgan fingerprint density at radius 1 is 0.588 bits per heavy atom. The van der Waals surface area contributed by atoms with Gasteiger partial charge in [0.15, 0.2) is 18.9 Å². The van der Waals surface area contributed by atoms with E-state index in [2.05, 4.69) is 0 Å². The molecule has 3 fully saturated rings. The zero-order valence-electron chi connectivity index (χ0n) is 17.7. The smallest absolute Gasteiger partial charge is 0.187 e. The summed E-state index contributed by atoms with van der Waals surface area (Å²) in [6.45, 7) is -2.16. The fourth-order valence-corrected chi connectivity index (χ4v) is 4.02. The van der Waals surface area contributed by atoms with Gasteiger partial charge in [0.2, 0.25) is 0 Å². The van der Waals surface area contributed by atoms with Gasteiger partial charge >= 0.3 is 0 Å². The van der Waals surface area contributed by atoms with Crippen molar-refractivity contribution in [1.29, 1.82) is 0 Å². The Kier molecular flexibility index (Phi) is 9.54. The lowest BCUT2D eigenvalue weighted by atomic mass is 10.1. The van der Waals surface area contributed by atoms with Crippen molar-refractivity contribution in [3.05, 3.63) is 0 Å². The van der Waals surface area contributed by atoms with Crippen molar-refractivity contribution in [1.82, 2.24) is 0 Å². The summed E-state index contributed by atoms with van der Waals surface area (Å²) in [5.41, 5.74) is 0. The van der Waals surface area contributed by atoms with Gasteiger partial charge in [0.25, 0.3) is 0 Å². The molecule has 200 valence electrons. The number of aliphatic hydroxyl groups excluding tert-OH is 11. The first kappa shape index (κ1) is 27.9. The van der Waals surface area contributed by atoms with Gasteiger partial charge in [0, 0.05) is 0 Å². The molecule has 11 N–H and O–H groups in total. The number of hydrogen-bond donors (Lipinski definition) is 11. The highest BCUT2D eigenvalue weighted by Crippen LogP contribution is 2.32. The van der Waals surface area contributed by atoms with E-state index in [9.17, 15) is 46.0 Å². The number of rotatable bonds is 10. The molecule has 0 amide bonds. The van der Waals surface area contributed by atoms with Crippen LogP contribution < -0.4 is 0 Å². The maximum atomic E-state index is 10.5. The Labute approximate surface area is 192 Å². The number of hydrogen-bond acceptors (Lipinski definition) is 16. The SMILES string of the molecule is OC[C@@H](O)[C@@H]1O[C@@H](OC[C@@H](O)[C@@H]2O[C@@H](O)[C@H](O[C@@H]3O[C@@H]([C@H](O)CO)[C@H](O)[C@H]3O)[C@H]2O)[C@H](O)[C@H]1O. The van der Waals surface area contributed by atoms with Crippen molar-refractivity contribution >= 4 is 0 Å². The van der Waals surface area contributed by atoms with Gasteiger partial charge in [-0.2, -0.15) is 0 Å². The summed E-state index contributed by atoms with van der Waals surface area (Å²) in [5, 5.41) is 108. The van der Waals surface area contributed by atoms with Crippen molar-refractivity contribution in [2.24, 2.45) is 0 Å². The third-order valence-electron chi connectivity index (χ3n) is 6.00. The molecule has 3 aliphatic heterocycles. The van der Waals surface area contributed by atoms with Crippen molar-refractivity contribution in [2.45, 2.75) is 92.1 Å². The summed E-state index contributed by atoms with van der Waals surface area (Å²) in [5.74, 6) is 0. The van der Waals surface area contributed by atoms with E-state index in [0.717, 1.165) is 0 Å². The maximum Gasteiger partial charge on any atom is 0.187 e. The van der Waals surface area contributed by atoms with Gasteiger partial charge in [-0.25, -0.2) is 0 Å². The maximum absolute atomic E-state index is 10.5. The van der Waals surface area contributed by atoms with Gasteiger partial charge in [-0.15, -0.1) is 0 Å². The van der Waals surface area contributed by atoms with Crippen LogP contribution in [0.4, 0.5) is 0 Å². The van der Waals surface area contributed by atoms with Gasteiger partial charge < -0.3 is 79.9 Å². The second-order valence-electron chi connectivity index (χ2n) is 8.38. The van der Waals surface area contributed by atoms with Gasteiger partial charge in [0.05, 0.1) is 19.8 Å². The standard InChI is InChI=1S/C18H32O16/c19-1-4(21)12-7(24)9(26)17(32-12)30-3-6(23)14-11(28)15(16(29)31-14)34-18-10(27)8(25)13(33-18)5(22)2-20/h4-29H,1-3H2/t4-,5-,6-,7-,8-,9-,10-,11+,12+,13+,14+,15-,16-,17-,18+/m1/s1. The predicted molar refractivity (Wildman–Crippen MR) is 101 cm³/mol. The van der Waals surface area contributed by atoms with Crippen LogP contribution in [-0.2, 0) is 23.7 Å². The third-order valence-corrected chi connectivity index (χ3v) is 6.00. The van der Waals surface area contributed by atoms with Crippen molar-refractivity contribution in [2.75, 3.05) is 19.8 Å². The minimum absolute atomic E-state index is 0.635. The number of ether oxygens (including phenoxy) is 5. The van der Waals surface area contributed by atoms with Crippen molar-refractivity contribution in [3.63, 3.8) is 0 Å². The molecule has 0 aromatic heterocycles. The lowest BCUT2D eigenvalue weighted by Crippen LogP contribution is -2.45. The van der Waals surface area contributed by atoms with Crippen molar-refractivity contribution < 1.29 is 79.9 Å². The molecule has 3 saturated heterocycles. The molecular weight excluding hydrogens is 472 g/mol. The molecule has 0 spiro atoms. The van der Waals surface area contributed by atoms with Crippen LogP contribution in [0.25, 0.3) is 0 Å². The molecule has 0 radical (unpaired) electrons. The zero-order chi connectivity index (χ0) is 25.3. The molecule has 0 bridgehead atoms. The van der Waals surface area contributed by atoms with Crippen LogP contribution >= 0.6 is 0 Å². The minimum atomic E-state index is -1.82. The molecule has 0 aliphatic carbocycles. The second kappa shape index (κ2) is 11.6. The molecule has 0 aromatic rings. The van der Waals surface area contributed by atoms with Gasteiger partial charge in [-0.3, -0.25) is 0 Å². The first-order valence-corrected chi connectivity index (χ1v) is 10.6. The molecule has 3 heterocycles. The molecule has 34 heavy (non-hydrogen) atoms. The van der Waals surface area contributed by atoms with E-state index in [4.69, 9.17) is 33.9 Å². The Morgan fingerprint density at radius 3 is 1.59 bits per heavy atom. The molecule has 0 unspecified atom stereocenters. The van der Waals surface area contributed by atoms with Crippen LogP contribution in [0.2, 0.25) is 0 Å². The highest BCUT2D eigenvalue weighted by atomic mass is 16.7. The average molecular weight is 504 g/mol. The predicted octanol–water partition coefficient (Wildman–Crippen LogP) is -7.57. The second-order valence-corrected chi connectivity index (χ2v) is 8.38. The monoisotopic (exact) mass is 504 g/mol. The molecule has 15 atom stereocenters. The molecule has 0 saturated carbocycles. The van der Waals surface area contributed by atoms with E-state index in [1.807, 2.05) is 0 Å². The largest absolute Gasteiger partial charge is 0.394 e. The lowest BCUT2D eigenvalue weighted by molar-refractivity contribution is -0.241. The Hall–Kier alpha value is -0.640. The first-order chi connectivity index (χ1) is 16.0. The molecule has 3 aliphatic rings. The van der Waals surface area contributed by atoms with E-state index in [0.29, 0.717) is 0 Å². The van der Waals surface area contributed by atoms with Gasteiger partial charge in [0.1, 0.15) is 73.2 Å². The summed E-state index contributed by atoms with van der Waals surface area (Å²) in [6.07, 6.45) is -23.7. The van der Waals surface area contributed by atoms with E-state index < -0.39 is 112 Å². The van der Waals surface area contributed by atoms with Crippen molar-refractivity contribution in [3.8, 4) is 0 Å². The summed E-state index contributed by atoms with van der Waals surface area (Å²) in [6, 6.07) is 0. The van der Waals surface area contributed by atoms with E-state index >= 15 is 0 Å². The van der Waals surface area contributed by atoms with Crippen LogP contribution in [0, 0.1) is 0 Å². The van der Waals surface area contributed by atoms with Crippen LogP contribution in [-0.4, -0.2) is 168 Å². The molecule has 3 rings (SSSR count). The van der Waals surface area contributed by atoms with Crippen LogP contribution in [0.3, 0.4) is 0 Å². The quantitative estimate of drug-likeness (QED) is 0.132. The normalized spacial score (nSPS) is 47.7. The highest BCUT2D eigenvalue weighted by Gasteiger charge is 2.53. The highest BCUT2D eigenvalue weighted by molar-refractivity contribution is 4.96. The molecule has 0 aromatic carbocycles. The summed E-state index contributed by atoms with van der Waals surface area (Å²) >= 11 is 0. The van der Waals surface area contributed by atoms with E-state index in [1.165, 1.54) is 0 Å². The summed E-state index contributed by atoms with van der Waals surface area (Å²) in [7, 11) is 0. The molecular formula is C18H32O16. The zero-order valence-corrected chi connectivity index (χ0v) is 17.7. The summed E-state index contributed by atoms with van der Waals surface area (Å²) < 4.78 is 25.9. The van der Waals surface area contributed by atoms with Crippen LogP contribution in [0.5, 0.6) is 0 Å². The fraction of sp³-hybridized carbons (Fsp3) is 1.00. The third kappa shape index (κ3) is 5.52. The van der Waals surface area contributed by atoms with Gasteiger partial charge in [-0.05, 0) is 0 Å². The van der Waals surface area contributed by atoms with Gasteiger partial charge in [-0.1, -0.05) is 0 Å².